The number of halogens is 2. The Morgan fingerprint density at radius 1 is 1.25 bits per heavy atom. The molecular formula is C18H23F2NO3. The van der Waals surface area contributed by atoms with E-state index >= 15 is 0 Å². The minimum absolute atomic E-state index is 0.0297. The summed E-state index contributed by atoms with van der Waals surface area (Å²) in [6.45, 7) is 1.37. The molecule has 1 aliphatic heterocycles. The minimum atomic E-state index is -0.834. The second-order valence-electron chi connectivity index (χ2n) is 6.21. The van der Waals surface area contributed by atoms with Crippen LogP contribution in [0.4, 0.5) is 8.78 Å². The standard InChI is InChI=1S/C18H23F2NO3/c1-24-18(23)9-8-17(22)21-10-2-3-14(12-21)5-4-13-6-7-15(19)16(20)11-13/h6-7,11,14H,2-5,8-10,12H2,1H3. The van der Waals surface area contributed by atoms with Gasteiger partial charge in [-0.3, -0.25) is 9.59 Å². The SMILES string of the molecule is COC(=O)CCC(=O)N1CCCC(CCc2ccc(F)c(F)c2)C1. The summed E-state index contributed by atoms with van der Waals surface area (Å²) in [5.74, 6) is -1.73. The normalized spacial score (nSPS) is 17.6. The Balaban J connectivity index is 1.80. The van der Waals surface area contributed by atoms with Crippen molar-refractivity contribution in [1.29, 1.82) is 0 Å². The van der Waals surface area contributed by atoms with Gasteiger partial charge in [0.2, 0.25) is 5.91 Å². The molecule has 0 spiro atoms. The molecule has 6 heteroatoms. The maximum Gasteiger partial charge on any atom is 0.306 e. The smallest absolute Gasteiger partial charge is 0.306 e. The van der Waals surface area contributed by atoms with Gasteiger partial charge >= 0.3 is 5.97 Å². The Bertz CT molecular complexity index is 592. The summed E-state index contributed by atoms with van der Waals surface area (Å²) in [6, 6.07) is 3.98. The van der Waals surface area contributed by atoms with Crippen molar-refractivity contribution in [1.82, 2.24) is 4.90 Å². The average Bonchev–Trinajstić information content (AvgIpc) is 2.60. The van der Waals surface area contributed by atoms with Gasteiger partial charge in [0.1, 0.15) is 0 Å². The molecule has 1 atom stereocenters. The highest BCUT2D eigenvalue weighted by Gasteiger charge is 2.23. The fourth-order valence-electron chi connectivity index (χ4n) is 3.06. The molecule has 2 rings (SSSR count). The predicted molar refractivity (Wildman–Crippen MR) is 85.2 cm³/mol. The lowest BCUT2D eigenvalue weighted by Crippen LogP contribution is -2.40. The molecule has 1 aliphatic rings. The number of aryl methyl sites for hydroxylation is 1. The van der Waals surface area contributed by atoms with Crippen LogP contribution < -0.4 is 0 Å². The van der Waals surface area contributed by atoms with Gasteiger partial charge in [0.25, 0.3) is 0 Å². The van der Waals surface area contributed by atoms with E-state index in [0.717, 1.165) is 30.9 Å². The fraction of sp³-hybridized carbons (Fsp3) is 0.556. The fourth-order valence-corrected chi connectivity index (χ4v) is 3.06. The number of methoxy groups -OCH3 is 1. The number of hydrogen-bond donors (Lipinski definition) is 0. The highest BCUT2D eigenvalue weighted by molar-refractivity contribution is 5.81. The quantitative estimate of drug-likeness (QED) is 0.748. The molecule has 0 aliphatic carbocycles. The number of nitrogens with zero attached hydrogens (tertiary/aromatic N) is 1. The molecule has 1 saturated heterocycles. The molecule has 1 aromatic carbocycles. The van der Waals surface area contributed by atoms with Crippen molar-refractivity contribution >= 4 is 11.9 Å². The van der Waals surface area contributed by atoms with E-state index < -0.39 is 11.6 Å². The van der Waals surface area contributed by atoms with Crippen molar-refractivity contribution in [3.8, 4) is 0 Å². The van der Waals surface area contributed by atoms with Gasteiger partial charge in [-0.05, 0) is 49.3 Å². The number of rotatable bonds is 6. The first kappa shape index (κ1) is 18.4. The van der Waals surface area contributed by atoms with Crippen LogP contribution in [-0.4, -0.2) is 37.0 Å². The molecule has 1 heterocycles. The lowest BCUT2D eigenvalue weighted by molar-refractivity contribution is -0.144. The van der Waals surface area contributed by atoms with E-state index in [4.69, 9.17) is 0 Å². The first-order valence-electron chi connectivity index (χ1n) is 8.28. The zero-order chi connectivity index (χ0) is 17.5. The summed E-state index contributed by atoms with van der Waals surface area (Å²) >= 11 is 0. The van der Waals surface area contributed by atoms with E-state index in [1.165, 1.54) is 13.2 Å². The maximum atomic E-state index is 13.2. The molecule has 0 saturated carbocycles. The van der Waals surface area contributed by atoms with Crippen LogP contribution in [0, 0.1) is 17.6 Å². The first-order valence-corrected chi connectivity index (χ1v) is 8.28. The summed E-state index contributed by atoms with van der Waals surface area (Å²) in [5, 5.41) is 0. The third-order valence-corrected chi connectivity index (χ3v) is 4.47. The molecule has 0 radical (unpaired) electrons. The van der Waals surface area contributed by atoms with Gasteiger partial charge in [-0.1, -0.05) is 6.07 Å². The van der Waals surface area contributed by atoms with Gasteiger partial charge in [0.05, 0.1) is 13.5 Å². The number of amides is 1. The Labute approximate surface area is 140 Å². The molecule has 0 N–H and O–H groups in total. The Morgan fingerprint density at radius 2 is 2.04 bits per heavy atom. The second kappa shape index (κ2) is 8.76. The van der Waals surface area contributed by atoms with Gasteiger partial charge in [0.15, 0.2) is 11.6 Å². The Morgan fingerprint density at radius 3 is 2.75 bits per heavy atom. The van der Waals surface area contributed by atoms with Crippen molar-refractivity contribution < 1.29 is 23.1 Å². The van der Waals surface area contributed by atoms with Gasteiger partial charge in [-0.25, -0.2) is 8.78 Å². The van der Waals surface area contributed by atoms with E-state index in [1.54, 1.807) is 11.0 Å². The van der Waals surface area contributed by atoms with E-state index in [1.807, 2.05) is 0 Å². The van der Waals surface area contributed by atoms with Crippen LogP contribution >= 0.6 is 0 Å². The van der Waals surface area contributed by atoms with Crippen molar-refractivity contribution in [3.63, 3.8) is 0 Å². The molecule has 1 amide bonds. The summed E-state index contributed by atoms with van der Waals surface area (Å²) in [4.78, 5) is 25.1. The minimum Gasteiger partial charge on any atom is -0.469 e. The summed E-state index contributed by atoms with van der Waals surface area (Å²) in [5.41, 5.74) is 0.767. The Hall–Kier alpha value is -1.98. The second-order valence-corrected chi connectivity index (χ2v) is 6.21. The van der Waals surface area contributed by atoms with Gasteiger partial charge in [-0.2, -0.15) is 0 Å². The van der Waals surface area contributed by atoms with Crippen molar-refractivity contribution in [2.24, 2.45) is 5.92 Å². The summed E-state index contributed by atoms with van der Waals surface area (Å²) < 4.78 is 30.7. The van der Waals surface area contributed by atoms with Crippen LogP contribution in [0.3, 0.4) is 0 Å². The van der Waals surface area contributed by atoms with E-state index in [0.29, 0.717) is 25.4 Å². The third kappa shape index (κ3) is 5.28. The van der Waals surface area contributed by atoms with Crippen molar-refractivity contribution in [2.45, 2.75) is 38.5 Å². The average molecular weight is 339 g/mol. The van der Waals surface area contributed by atoms with Gasteiger partial charge in [-0.15, -0.1) is 0 Å². The molecule has 4 nitrogen and oxygen atoms in total. The van der Waals surface area contributed by atoms with Crippen molar-refractivity contribution in [2.75, 3.05) is 20.2 Å². The topological polar surface area (TPSA) is 46.6 Å². The first-order chi connectivity index (χ1) is 11.5. The highest BCUT2D eigenvalue weighted by Crippen LogP contribution is 2.23. The number of hydrogen-bond acceptors (Lipinski definition) is 3. The Kier molecular flexibility index (Phi) is 6.70. The lowest BCUT2D eigenvalue weighted by Gasteiger charge is -2.33. The highest BCUT2D eigenvalue weighted by atomic mass is 19.2. The molecule has 1 fully saturated rings. The predicted octanol–water partition coefficient (Wildman–Crippen LogP) is 3.09. The van der Waals surface area contributed by atoms with Crippen LogP contribution in [0.5, 0.6) is 0 Å². The molecule has 24 heavy (non-hydrogen) atoms. The number of likely N-dealkylation sites (tertiary alicyclic amines) is 1. The molecule has 1 unspecified atom stereocenters. The zero-order valence-electron chi connectivity index (χ0n) is 13.9. The summed E-state index contributed by atoms with van der Waals surface area (Å²) in [7, 11) is 1.31. The van der Waals surface area contributed by atoms with E-state index in [9.17, 15) is 18.4 Å². The largest absolute Gasteiger partial charge is 0.469 e. The molecular weight excluding hydrogens is 316 g/mol. The van der Waals surface area contributed by atoms with Crippen LogP contribution in [0.15, 0.2) is 18.2 Å². The van der Waals surface area contributed by atoms with Crippen LogP contribution in [-0.2, 0) is 20.7 Å². The number of benzene rings is 1. The van der Waals surface area contributed by atoms with Gasteiger partial charge < -0.3 is 9.64 Å². The van der Waals surface area contributed by atoms with Crippen LogP contribution in [0.2, 0.25) is 0 Å². The maximum absolute atomic E-state index is 13.2. The van der Waals surface area contributed by atoms with E-state index in [-0.39, 0.29) is 24.7 Å². The van der Waals surface area contributed by atoms with Crippen LogP contribution in [0.25, 0.3) is 0 Å². The number of piperidine rings is 1. The van der Waals surface area contributed by atoms with Gasteiger partial charge in [0, 0.05) is 19.5 Å². The van der Waals surface area contributed by atoms with Crippen molar-refractivity contribution in [3.05, 3.63) is 35.4 Å². The summed E-state index contributed by atoms with van der Waals surface area (Å²) in [6.07, 6.45) is 3.70. The number of carbonyl (C=O) groups excluding carboxylic acids is 2. The molecule has 132 valence electrons. The van der Waals surface area contributed by atoms with Crippen LogP contribution in [0.1, 0.15) is 37.7 Å². The number of ether oxygens (including phenoxy) is 1. The number of esters is 1. The lowest BCUT2D eigenvalue weighted by atomic mass is 9.91. The molecule has 0 bridgehead atoms. The third-order valence-electron chi connectivity index (χ3n) is 4.47. The monoisotopic (exact) mass is 339 g/mol. The zero-order valence-corrected chi connectivity index (χ0v) is 13.9. The number of carbonyl (C=O) groups is 2. The van der Waals surface area contributed by atoms with E-state index in [2.05, 4.69) is 4.74 Å². The molecule has 1 aromatic rings. The molecule has 0 aromatic heterocycles.